The predicted octanol–water partition coefficient (Wildman–Crippen LogP) is 4.80. The molecule has 3 aromatic carbocycles. The lowest BCUT2D eigenvalue weighted by atomic mass is 9.94. The van der Waals surface area contributed by atoms with Crippen molar-refractivity contribution < 1.29 is 18.7 Å². The van der Waals surface area contributed by atoms with Crippen molar-refractivity contribution in [3.63, 3.8) is 0 Å². The molecule has 1 aliphatic carbocycles. The summed E-state index contributed by atoms with van der Waals surface area (Å²) in [6, 6.07) is 19.0. The molecular formula is C29H30FN5O3. The Balaban J connectivity index is 1.57. The highest BCUT2D eigenvalue weighted by Gasteiger charge is 2.36. The molecule has 0 radical (unpaired) electrons. The monoisotopic (exact) mass is 515 g/mol. The maximum Gasteiger partial charge on any atom is 0.249 e. The Morgan fingerprint density at radius 3 is 2.47 bits per heavy atom. The van der Waals surface area contributed by atoms with Crippen molar-refractivity contribution in [3.05, 3.63) is 84.2 Å². The Morgan fingerprint density at radius 2 is 1.74 bits per heavy atom. The Kier molecular flexibility index (Phi) is 7.62. The molecule has 1 aromatic heterocycles. The summed E-state index contributed by atoms with van der Waals surface area (Å²) in [5.41, 5.74) is 1.89. The second kappa shape index (κ2) is 11.4. The van der Waals surface area contributed by atoms with Gasteiger partial charge in [-0.05, 0) is 55.3 Å². The summed E-state index contributed by atoms with van der Waals surface area (Å²) in [4.78, 5) is 29.3. The SMILES string of the molecule is COc1ccc(N(C(=O)Cn2nnc3ccccc32)[C@H](C(=O)NC2CCCCC2)c2ccccc2F)cc1. The quantitative estimate of drug-likeness (QED) is 0.364. The molecule has 1 fully saturated rings. The number of carbonyl (C=O) groups excluding carboxylic acids is 2. The van der Waals surface area contributed by atoms with Crippen LogP contribution in [0, 0.1) is 5.82 Å². The highest BCUT2D eigenvalue weighted by atomic mass is 19.1. The molecule has 196 valence electrons. The first-order valence-corrected chi connectivity index (χ1v) is 12.8. The van der Waals surface area contributed by atoms with Crippen LogP contribution in [0.4, 0.5) is 10.1 Å². The van der Waals surface area contributed by atoms with Gasteiger partial charge in [0.15, 0.2) is 0 Å². The average Bonchev–Trinajstić information content (AvgIpc) is 3.35. The molecule has 0 saturated heterocycles. The summed E-state index contributed by atoms with van der Waals surface area (Å²) >= 11 is 0. The molecule has 5 rings (SSSR count). The van der Waals surface area contributed by atoms with Crippen molar-refractivity contribution >= 4 is 28.5 Å². The Bertz CT molecular complexity index is 1420. The topological polar surface area (TPSA) is 89.3 Å². The molecule has 9 heteroatoms. The van der Waals surface area contributed by atoms with Gasteiger partial charge in [0, 0.05) is 17.3 Å². The Hall–Kier alpha value is -4.27. The molecule has 8 nitrogen and oxygen atoms in total. The summed E-state index contributed by atoms with van der Waals surface area (Å²) in [6.07, 6.45) is 4.89. The van der Waals surface area contributed by atoms with Crippen LogP contribution < -0.4 is 15.0 Å². The highest BCUT2D eigenvalue weighted by molar-refractivity contribution is 6.01. The molecule has 0 spiro atoms. The van der Waals surface area contributed by atoms with Crippen LogP contribution in [-0.2, 0) is 16.1 Å². The van der Waals surface area contributed by atoms with Crippen LogP contribution in [0.1, 0.15) is 43.7 Å². The lowest BCUT2D eigenvalue weighted by Crippen LogP contribution is -2.48. The van der Waals surface area contributed by atoms with Gasteiger partial charge in [-0.25, -0.2) is 9.07 Å². The lowest BCUT2D eigenvalue weighted by molar-refractivity contribution is -0.127. The van der Waals surface area contributed by atoms with Crippen LogP contribution in [0.2, 0.25) is 0 Å². The van der Waals surface area contributed by atoms with Gasteiger partial charge in [-0.1, -0.05) is 54.8 Å². The maximum absolute atomic E-state index is 15.3. The van der Waals surface area contributed by atoms with Crippen LogP contribution in [0.15, 0.2) is 72.8 Å². The van der Waals surface area contributed by atoms with E-state index in [9.17, 15) is 9.59 Å². The molecule has 4 aromatic rings. The fourth-order valence-electron chi connectivity index (χ4n) is 5.04. The number of hydrogen-bond donors (Lipinski definition) is 1. The maximum atomic E-state index is 15.3. The Morgan fingerprint density at radius 1 is 1.03 bits per heavy atom. The van der Waals surface area contributed by atoms with Gasteiger partial charge in [0.05, 0.1) is 12.6 Å². The molecule has 1 aliphatic rings. The van der Waals surface area contributed by atoms with Gasteiger partial charge in [0.25, 0.3) is 0 Å². The van der Waals surface area contributed by atoms with Crippen LogP contribution in [-0.4, -0.2) is 40.0 Å². The number of nitrogens with zero attached hydrogens (tertiary/aromatic N) is 4. The van der Waals surface area contributed by atoms with E-state index in [1.54, 1.807) is 49.6 Å². The van der Waals surface area contributed by atoms with E-state index in [0.29, 0.717) is 22.5 Å². The Labute approximate surface area is 220 Å². The van der Waals surface area contributed by atoms with Crippen molar-refractivity contribution in [2.75, 3.05) is 12.0 Å². The summed E-state index contributed by atoms with van der Waals surface area (Å²) in [6.45, 7) is -0.186. The first kappa shape index (κ1) is 25.4. The van der Waals surface area contributed by atoms with E-state index in [1.165, 1.54) is 15.6 Å². The van der Waals surface area contributed by atoms with Crippen molar-refractivity contribution in [1.29, 1.82) is 0 Å². The number of rotatable bonds is 8. The number of fused-ring (bicyclic) bond motifs is 1. The zero-order valence-corrected chi connectivity index (χ0v) is 21.2. The zero-order valence-electron chi connectivity index (χ0n) is 21.2. The fraction of sp³-hybridized carbons (Fsp3) is 0.310. The van der Waals surface area contributed by atoms with Gasteiger partial charge < -0.3 is 10.1 Å². The molecular weight excluding hydrogens is 485 g/mol. The van der Waals surface area contributed by atoms with Gasteiger partial charge in [0.1, 0.15) is 29.7 Å². The third kappa shape index (κ3) is 5.37. The van der Waals surface area contributed by atoms with Gasteiger partial charge in [-0.2, -0.15) is 0 Å². The molecule has 38 heavy (non-hydrogen) atoms. The van der Waals surface area contributed by atoms with E-state index in [4.69, 9.17) is 4.74 Å². The van der Waals surface area contributed by atoms with Gasteiger partial charge in [-0.3, -0.25) is 14.5 Å². The number of ether oxygens (including phenoxy) is 1. The van der Waals surface area contributed by atoms with Crippen LogP contribution >= 0.6 is 0 Å². The second-order valence-electron chi connectivity index (χ2n) is 9.47. The minimum Gasteiger partial charge on any atom is -0.497 e. The first-order valence-electron chi connectivity index (χ1n) is 12.8. The number of benzene rings is 3. The van der Waals surface area contributed by atoms with Crippen molar-refractivity contribution in [2.45, 2.75) is 50.7 Å². The van der Waals surface area contributed by atoms with Crippen LogP contribution in [0.5, 0.6) is 5.75 Å². The molecule has 1 atom stereocenters. The van der Waals surface area contributed by atoms with Gasteiger partial charge >= 0.3 is 0 Å². The van der Waals surface area contributed by atoms with E-state index < -0.39 is 23.7 Å². The fourth-order valence-corrected chi connectivity index (χ4v) is 5.04. The average molecular weight is 516 g/mol. The molecule has 1 heterocycles. The number of halogens is 1. The predicted molar refractivity (Wildman–Crippen MR) is 142 cm³/mol. The molecule has 0 bridgehead atoms. The van der Waals surface area contributed by atoms with Gasteiger partial charge in [0.2, 0.25) is 11.8 Å². The number of para-hydroxylation sites is 1. The summed E-state index contributed by atoms with van der Waals surface area (Å²) < 4.78 is 22.0. The number of anilines is 1. The first-order chi connectivity index (χ1) is 18.5. The van der Waals surface area contributed by atoms with E-state index in [2.05, 4.69) is 15.6 Å². The largest absolute Gasteiger partial charge is 0.497 e. The highest BCUT2D eigenvalue weighted by Crippen LogP contribution is 2.32. The molecule has 2 amide bonds. The minimum atomic E-state index is -1.23. The lowest BCUT2D eigenvalue weighted by Gasteiger charge is -2.33. The second-order valence-corrected chi connectivity index (χ2v) is 9.47. The van der Waals surface area contributed by atoms with Crippen molar-refractivity contribution in [1.82, 2.24) is 20.3 Å². The van der Waals surface area contributed by atoms with Gasteiger partial charge in [-0.15, -0.1) is 5.10 Å². The standard InChI is InChI=1S/C29H30FN5O3/c1-38-22-17-15-21(16-18-22)35(27(36)19-34-26-14-8-7-13-25(26)32-33-34)28(23-11-5-6-12-24(23)30)29(37)31-20-9-3-2-4-10-20/h5-8,11-18,20,28H,2-4,9-10,19H2,1H3,(H,31,37)/t28-/m0/s1. The minimum absolute atomic E-state index is 0.0161. The van der Waals surface area contributed by atoms with Crippen molar-refractivity contribution in [2.24, 2.45) is 0 Å². The van der Waals surface area contributed by atoms with Crippen LogP contribution in [0.3, 0.4) is 0 Å². The molecule has 1 N–H and O–H groups in total. The number of hydrogen-bond acceptors (Lipinski definition) is 5. The molecule has 0 aliphatic heterocycles. The van der Waals surface area contributed by atoms with Crippen molar-refractivity contribution in [3.8, 4) is 5.75 Å². The van der Waals surface area contributed by atoms with Crippen LogP contribution in [0.25, 0.3) is 11.0 Å². The summed E-state index contributed by atoms with van der Waals surface area (Å²) in [5.74, 6) is -0.821. The number of methoxy groups -OCH3 is 1. The van der Waals surface area contributed by atoms with E-state index in [-0.39, 0.29) is 18.2 Å². The summed E-state index contributed by atoms with van der Waals surface area (Å²) in [7, 11) is 1.55. The number of aromatic nitrogens is 3. The normalized spacial score (nSPS) is 14.7. The summed E-state index contributed by atoms with van der Waals surface area (Å²) in [5, 5.41) is 11.4. The van der Waals surface area contributed by atoms with E-state index in [0.717, 1.165) is 32.1 Å². The zero-order chi connectivity index (χ0) is 26.5. The molecule has 1 saturated carbocycles. The number of nitrogens with one attached hydrogen (secondary N) is 1. The van der Waals surface area contributed by atoms with E-state index in [1.807, 2.05) is 24.3 Å². The number of amides is 2. The third-order valence-corrected chi connectivity index (χ3v) is 6.98. The smallest absolute Gasteiger partial charge is 0.249 e. The number of carbonyl (C=O) groups is 2. The third-order valence-electron chi connectivity index (χ3n) is 6.98. The molecule has 0 unspecified atom stereocenters. The van der Waals surface area contributed by atoms with E-state index >= 15 is 4.39 Å².